The third kappa shape index (κ3) is 4.31. The van der Waals surface area contributed by atoms with Crippen LogP contribution in [0.1, 0.15) is 5.56 Å². The number of nitrogens with zero attached hydrogens (tertiary/aromatic N) is 1. The SMILES string of the molecule is O=C(Cc1ccccc1)NC1C(=O)N2C(C(=O)O)=C(CSCCO)CSC12. The molecule has 0 bridgehead atoms. The summed E-state index contributed by atoms with van der Waals surface area (Å²) in [5.41, 5.74) is 1.54. The van der Waals surface area contributed by atoms with Crippen LogP contribution in [-0.4, -0.2) is 68.2 Å². The second-order valence-electron chi connectivity index (χ2n) is 6.15. The number of aliphatic hydroxyl groups excluding tert-OH is 1. The number of carbonyl (C=O) groups is 3. The molecule has 7 nitrogen and oxygen atoms in total. The minimum absolute atomic E-state index is 0.0164. The lowest BCUT2D eigenvalue weighted by Gasteiger charge is -2.49. The maximum atomic E-state index is 12.5. The van der Waals surface area contributed by atoms with Gasteiger partial charge in [-0.3, -0.25) is 14.5 Å². The Hall–Kier alpha value is -1.97. The molecule has 9 heteroatoms. The van der Waals surface area contributed by atoms with E-state index >= 15 is 0 Å². The van der Waals surface area contributed by atoms with Crippen LogP contribution in [0.4, 0.5) is 0 Å². The Balaban J connectivity index is 1.66. The Bertz CT molecular complexity index is 768. The molecule has 0 aromatic heterocycles. The van der Waals surface area contributed by atoms with Crippen LogP contribution in [0.3, 0.4) is 0 Å². The lowest BCUT2D eigenvalue weighted by molar-refractivity contribution is -0.150. The summed E-state index contributed by atoms with van der Waals surface area (Å²) in [6.07, 6.45) is 0.173. The van der Waals surface area contributed by atoms with Crippen molar-refractivity contribution in [3.8, 4) is 0 Å². The van der Waals surface area contributed by atoms with Gasteiger partial charge < -0.3 is 15.5 Å². The van der Waals surface area contributed by atoms with Gasteiger partial charge in [0, 0.05) is 17.3 Å². The Morgan fingerprint density at radius 1 is 1.30 bits per heavy atom. The highest BCUT2D eigenvalue weighted by atomic mass is 32.2. The van der Waals surface area contributed by atoms with Crippen LogP contribution in [0, 0.1) is 0 Å². The highest BCUT2D eigenvalue weighted by molar-refractivity contribution is 8.01. The molecule has 0 aliphatic carbocycles. The Kier molecular flexibility index (Phi) is 6.46. The van der Waals surface area contributed by atoms with Crippen LogP contribution in [0.5, 0.6) is 0 Å². The molecule has 0 spiro atoms. The van der Waals surface area contributed by atoms with Crippen LogP contribution >= 0.6 is 23.5 Å². The van der Waals surface area contributed by atoms with Gasteiger partial charge >= 0.3 is 5.97 Å². The van der Waals surface area contributed by atoms with Gasteiger partial charge in [0.05, 0.1) is 13.0 Å². The van der Waals surface area contributed by atoms with E-state index in [1.807, 2.05) is 30.3 Å². The third-order valence-electron chi connectivity index (χ3n) is 4.29. The van der Waals surface area contributed by atoms with E-state index in [-0.39, 0.29) is 24.6 Å². The zero-order chi connectivity index (χ0) is 19.4. The van der Waals surface area contributed by atoms with Gasteiger partial charge in [-0.05, 0) is 11.1 Å². The maximum absolute atomic E-state index is 12.5. The number of carboxylic acids is 1. The first-order chi connectivity index (χ1) is 13.0. The van der Waals surface area contributed by atoms with Gasteiger partial charge in [-0.1, -0.05) is 30.3 Å². The zero-order valence-corrected chi connectivity index (χ0v) is 16.1. The summed E-state index contributed by atoms with van der Waals surface area (Å²) in [6, 6.07) is 8.53. The standard InChI is InChI=1S/C18H20N2O5S2/c21-6-7-26-9-12-10-27-17-14(16(23)20(17)15(12)18(24)25)19-13(22)8-11-4-2-1-3-5-11/h1-5,14,17,21H,6-10H2,(H,19,22)(H,24,25). The smallest absolute Gasteiger partial charge is 0.352 e. The second kappa shape index (κ2) is 8.81. The topological polar surface area (TPSA) is 107 Å². The Morgan fingerprint density at radius 2 is 2.04 bits per heavy atom. The van der Waals surface area contributed by atoms with Crippen molar-refractivity contribution in [3.05, 3.63) is 47.2 Å². The van der Waals surface area contributed by atoms with Gasteiger partial charge in [0.2, 0.25) is 5.91 Å². The number of benzene rings is 1. The number of hydrogen-bond donors (Lipinski definition) is 3. The van der Waals surface area contributed by atoms with Gasteiger partial charge in [-0.25, -0.2) is 4.79 Å². The van der Waals surface area contributed by atoms with Crippen LogP contribution in [0.2, 0.25) is 0 Å². The molecule has 3 rings (SSSR count). The van der Waals surface area contributed by atoms with Crippen molar-refractivity contribution in [2.75, 3.05) is 23.9 Å². The summed E-state index contributed by atoms with van der Waals surface area (Å²) < 4.78 is 0. The first-order valence-corrected chi connectivity index (χ1v) is 10.6. The fourth-order valence-corrected chi connectivity index (χ4v) is 5.29. The van der Waals surface area contributed by atoms with Crippen molar-refractivity contribution in [1.29, 1.82) is 0 Å². The summed E-state index contributed by atoms with van der Waals surface area (Å²) in [4.78, 5) is 37.7. The van der Waals surface area contributed by atoms with Gasteiger partial charge in [-0.15, -0.1) is 11.8 Å². The van der Waals surface area contributed by atoms with Crippen molar-refractivity contribution < 1.29 is 24.6 Å². The Labute approximate surface area is 165 Å². The molecule has 144 valence electrons. The average Bonchev–Trinajstić information content (AvgIpc) is 2.66. The molecule has 3 N–H and O–H groups in total. The van der Waals surface area contributed by atoms with Crippen molar-refractivity contribution in [1.82, 2.24) is 10.2 Å². The van der Waals surface area contributed by atoms with E-state index in [4.69, 9.17) is 5.11 Å². The fourth-order valence-electron chi connectivity index (χ4n) is 3.06. The number of amides is 2. The van der Waals surface area contributed by atoms with E-state index in [0.717, 1.165) is 5.56 Å². The molecule has 2 atom stereocenters. The largest absolute Gasteiger partial charge is 0.477 e. The second-order valence-corrected chi connectivity index (χ2v) is 8.36. The number of fused-ring (bicyclic) bond motifs is 1. The lowest BCUT2D eigenvalue weighted by atomic mass is 10.0. The highest BCUT2D eigenvalue weighted by Gasteiger charge is 2.54. The van der Waals surface area contributed by atoms with Gasteiger partial charge in [0.25, 0.3) is 5.91 Å². The monoisotopic (exact) mass is 408 g/mol. The number of carboxylic acid groups (broad SMARTS) is 1. The number of β-lactam (4-membered cyclic amide) rings is 1. The van der Waals surface area contributed by atoms with Crippen molar-refractivity contribution in [3.63, 3.8) is 0 Å². The summed E-state index contributed by atoms with van der Waals surface area (Å²) >= 11 is 2.88. The molecule has 2 amide bonds. The molecule has 1 aromatic carbocycles. The van der Waals surface area contributed by atoms with E-state index in [2.05, 4.69) is 5.32 Å². The van der Waals surface area contributed by atoms with Crippen molar-refractivity contribution in [2.45, 2.75) is 17.8 Å². The molecule has 27 heavy (non-hydrogen) atoms. The number of aliphatic hydroxyl groups is 1. The first kappa shape index (κ1) is 19.8. The molecule has 1 fully saturated rings. The van der Waals surface area contributed by atoms with Crippen LogP contribution in [0.25, 0.3) is 0 Å². The molecule has 2 unspecified atom stereocenters. The van der Waals surface area contributed by atoms with Crippen molar-refractivity contribution in [2.24, 2.45) is 0 Å². The van der Waals surface area contributed by atoms with E-state index in [1.165, 1.54) is 28.4 Å². The van der Waals surface area contributed by atoms with Gasteiger partial charge in [0.1, 0.15) is 17.1 Å². The molecule has 1 saturated heterocycles. The number of hydrogen-bond acceptors (Lipinski definition) is 6. The molecular formula is C18H20N2O5S2. The lowest BCUT2D eigenvalue weighted by Crippen LogP contribution is -2.70. The zero-order valence-electron chi connectivity index (χ0n) is 14.5. The molecule has 2 aliphatic heterocycles. The van der Waals surface area contributed by atoms with E-state index in [9.17, 15) is 19.5 Å². The maximum Gasteiger partial charge on any atom is 0.352 e. The van der Waals surface area contributed by atoms with Crippen LogP contribution < -0.4 is 5.32 Å². The van der Waals surface area contributed by atoms with Crippen molar-refractivity contribution >= 4 is 41.3 Å². The van der Waals surface area contributed by atoms with Crippen LogP contribution in [0.15, 0.2) is 41.6 Å². The van der Waals surface area contributed by atoms with Crippen LogP contribution in [-0.2, 0) is 20.8 Å². The number of thioether (sulfide) groups is 2. The highest BCUT2D eigenvalue weighted by Crippen LogP contribution is 2.41. The van der Waals surface area contributed by atoms with Gasteiger partial charge in [-0.2, -0.15) is 11.8 Å². The number of aliphatic carboxylic acids is 1. The number of carbonyl (C=O) groups excluding carboxylic acids is 2. The minimum Gasteiger partial charge on any atom is -0.477 e. The molecule has 0 radical (unpaired) electrons. The predicted octanol–water partition coefficient (Wildman–Crippen LogP) is 0.693. The number of rotatable bonds is 8. The molecule has 1 aromatic rings. The average molecular weight is 409 g/mol. The summed E-state index contributed by atoms with van der Waals surface area (Å²) in [6.45, 7) is 0.0221. The third-order valence-corrected chi connectivity index (χ3v) is 6.65. The summed E-state index contributed by atoms with van der Waals surface area (Å²) in [7, 11) is 0. The van der Waals surface area contributed by atoms with Gasteiger partial charge in [0.15, 0.2) is 0 Å². The quantitative estimate of drug-likeness (QED) is 0.429. The van der Waals surface area contributed by atoms with E-state index in [1.54, 1.807) is 0 Å². The molecular weight excluding hydrogens is 388 g/mol. The predicted molar refractivity (Wildman–Crippen MR) is 104 cm³/mol. The summed E-state index contributed by atoms with van der Waals surface area (Å²) in [5.74, 6) is -0.338. The van der Waals surface area contributed by atoms with E-state index < -0.39 is 23.3 Å². The van der Waals surface area contributed by atoms with E-state index in [0.29, 0.717) is 22.8 Å². The Morgan fingerprint density at radius 3 is 2.70 bits per heavy atom. The first-order valence-electron chi connectivity index (χ1n) is 8.44. The molecule has 2 heterocycles. The fraction of sp³-hybridized carbons (Fsp3) is 0.389. The number of nitrogens with one attached hydrogen (secondary N) is 1. The molecule has 2 aliphatic rings. The minimum atomic E-state index is -1.14. The molecule has 0 saturated carbocycles. The summed E-state index contributed by atoms with van der Waals surface area (Å²) in [5, 5.41) is 20.8. The normalized spacial score (nSPS) is 21.5.